The number of hydrogen-bond acceptors (Lipinski definition) is 5. The van der Waals surface area contributed by atoms with Crippen molar-refractivity contribution >= 4 is 11.6 Å². The molecule has 2 fully saturated rings. The van der Waals surface area contributed by atoms with Crippen LogP contribution in [0, 0.1) is 5.92 Å². The van der Waals surface area contributed by atoms with E-state index in [1.165, 1.54) is 0 Å². The van der Waals surface area contributed by atoms with Gasteiger partial charge in [-0.2, -0.15) is 13.2 Å². The summed E-state index contributed by atoms with van der Waals surface area (Å²) in [7, 11) is 0. The molecule has 0 amide bonds. The fraction of sp³-hybridized carbons (Fsp3) is 0.750. The fourth-order valence-corrected chi connectivity index (χ4v) is 3.51. The highest BCUT2D eigenvalue weighted by Crippen LogP contribution is 2.32. The average molecular weight is 343 g/mol. The monoisotopic (exact) mass is 343 g/mol. The summed E-state index contributed by atoms with van der Waals surface area (Å²) in [5.74, 6) is 0.318. The zero-order valence-electron chi connectivity index (χ0n) is 13.7. The van der Waals surface area contributed by atoms with Crippen molar-refractivity contribution in [3.05, 3.63) is 11.9 Å². The lowest BCUT2D eigenvalue weighted by molar-refractivity contribution is -0.144. The van der Waals surface area contributed by atoms with Crippen LogP contribution in [0.4, 0.5) is 24.8 Å². The lowest BCUT2D eigenvalue weighted by Gasteiger charge is -2.33. The minimum atomic E-state index is -4.53. The van der Waals surface area contributed by atoms with Crippen molar-refractivity contribution in [2.75, 3.05) is 42.5 Å². The first-order valence-electron chi connectivity index (χ1n) is 8.63. The Balaban J connectivity index is 1.82. The first-order valence-corrected chi connectivity index (χ1v) is 8.63. The Labute approximate surface area is 140 Å². The van der Waals surface area contributed by atoms with Gasteiger partial charge in [-0.1, -0.05) is 0 Å². The number of rotatable bonds is 4. The lowest BCUT2D eigenvalue weighted by Crippen LogP contribution is -2.35. The second-order valence-corrected chi connectivity index (χ2v) is 6.61. The van der Waals surface area contributed by atoms with Crippen LogP contribution in [-0.2, 0) is 6.18 Å². The molecular weight excluding hydrogens is 319 g/mol. The molecule has 2 saturated heterocycles. The number of aromatic nitrogens is 2. The van der Waals surface area contributed by atoms with Gasteiger partial charge in [0.25, 0.3) is 0 Å². The lowest BCUT2D eigenvalue weighted by atomic mass is 9.94. The summed E-state index contributed by atoms with van der Waals surface area (Å²) in [5, 5.41) is 0. The van der Waals surface area contributed by atoms with E-state index < -0.39 is 12.0 Å². The van der Waals surface area contributed by atoms with Crippen LogP contribution in [0.2, 0.25) is 0 Å². The van der Waals surface area contributed by atoms with Gasteiger partial charge in [-0.25, -0.2) is 9.97 Å². The van der Waals surface area contributed by atoms with Gasteiger partial charge in [0.05, 0.1) is 0 Å². The SMILES string of the molecule is NCCC1CCN(c2cc(N3CCCC3)nc(C(F)(F)F)n2)CC1. The van der Waals surface area contributed by atoms with Crippen molar-refractivity contribution in [3.8, 4) is 0 Å². The average Bonchev–Trinajstić information content (AvgIpc) is 3.09. The Morgan fingerprint density at radius 1 is 1.00 bits per heavy atom. The first-order chi connectivity index (χ1) is 11.5. The van der Waals surface area contributed by atoms with E-state index in [2.05, 4.69) is 9.97 Å². The van der Waals surface area contributed by atoms with Gasteiger partial charge < -0.3 is 15.5 Å². The maximum Gasteiger partial charge on any atom is 0.451 e. The third-order valence-corrected chi connectivity index (χ3v) is 4.90. The van der Waals surface area contributed by atoms with Crippen LogP contribution < -0.4 is 15.5 Å². The van der Waals surface area contributed by atoms with Crippen molar-refractivity contribution in [3.63, 3.8) is 0 Å². The van der Waals surface area contributed by atoms with Crippen LogP contribution in [0.25, 0.3) is 0 Å². The zero-order valence-corrected chi connectivity index (χ0v) is 13.7. The molecule has 2 aliphatic heterocycles. The molecule has 1 aromatic heterocycles. The molecule has 24 heavy (non-hydrogen) atoms. The zero-order chi connectivity index (χ0) is 17.2. The highest BCUT2D eigenvalue weighted by atomic mass is 19.4. The molecule has 2 N–H and O–H groups in total. The predicted octanol–water partition coefficient (Wildman–Crippen LogP) is 2.66. The third-order valence-electron chi connectivity index (χ3n) is 4.90. The maximum absolute atomic E-state index is 13.2. The minimum absolute atomic E-state index is 0.394. The highest BCUT2D eigenvalue weighted by Gasteiger charge is 2.36. The molecule has 0 radical (unpaired) electrons. The molecule has 134 valence electrons. The molecule has 0 saturated carbocycles. The summed E-state index contributed by atoms with van der Waals surface area (Å²) in [6, 6.07) is 1.71. The molecular formula is C16H24F3N5. The van der Waals surface area contributed by atoms with E-state index in [1.54, 1.807) is 6.07 Å². The van der Waals surface area contributed by atoms with Gasteiger partial charge in [0.2, 0.25) is 5.82 Å². The molecule has 5 nitrogen and oxygen atoms in total. The van der Waals surface area contributed by atoms with E-state index in [-0.39, 0.29) is 0 Å². The summed E-state index contributed by atoms with van der Waals surface area (Å²) in [6.07, 6.45) is 0.326. The van der Waals surface area contributed by atoms with Gasteiger partial charge in [-0.3, -0.25) is 0 Å². The summed E-state index contributed by atoms with van der Waals surface area (Å²) in [5.41, 5.74) is 5.60. The molecule has 0 atom stereocenters. The van der Waals surface area contributed by atoms with E-state index in [4.69, 9.17) is 5.73 Å². The van der Waals surface area contributed by atoms with Crippen molar-refractivity contribution in [2.45, 2.75) is 38.3 Å². The van der Waals surface area contributed by atoms with E-state index in [0.717, 1.165) is 58.3 Å². The fourth-order valence-electron chi connectivity index (χ4n) is 3.51. The molecule has 2 aliphatic rings. The Morgan fingerprint density at radius 3 is 2.04 bits per heavy atom. The molecule has 1 aromatic rings. The number of piperidine rings is 1. The summed E-state index contributed by atoms with van der Waals surface area (Å²) >= 11 is 0. The predicted molar refractivity (Wildman–Crippen MR) is 87.1 cm³/mol. The number of halogens is 3. The normalized spacial score (nSPS) is 20.0. The number of alkyl halides is 3. The van der Waals surface area contributed by atoms with Gasteiger partial charge in [0.15, 0.2) is 0 Å². The van der Waals surface area contributed by atoms with Crippen molar-refractivity contribution in [1.82, 2.24) is 9.97 Å². The molecule has 0 aliphatic carbocycles. The summed E-state index contributed by atoms with van der Waals surface area (Å²) in [6.45, 7) is 3.62. The van der Waals surface area contributed by atoms with Crippen molar-refractivity contribution in [1.29, 1.82) is 0 Å². The Hall–Kier alpha value is -1.57. The van der Waals surface area contributed by atoms with Gasteiger partial charge in [-0.15, -0.1) is 0 Å². The van der Waals surface area contributed by atoms with Crippen LogP contribution in [-0.4, -0.2) is 42.7 Å². The Morgan fingerprint density at radius 2 is 1.54 bits per heavy atom. The van der Waals surface area contributed by atoms with Crippen LogP contribution in [0.15, 0.2) is 6.07 Å². The second kappa shape index (κ2) is 7.13. The van der Waals surface area contributed by atoms with Gasteiger partial charge in [0.1, 0.15) is 11.6 Å². The molecule has 0 unspecified atom stereocenters. The van der Waals surface area contributed by atoms with E-state index >= 15 is 0 Å². The van der Waals surface area contributed by atoms with Crippen LogP contribution in [0.5, 0.6) is 0 Å². The van der Waals surface area contributed by atoms with Crippen molar-refractivity contribution < 1.29 is 13.2 Å². The molecule has 0 spiro atoms. The topological polar surface area (TPSA) is 58.3 Å². The first kappa shape index (κ1) is 17.3. The van der Waals surface area contributed by atoms with Crippen LogP contribution >= 0.6 is 0 Å². The van der Waals surface area contributed by atoms with Crippen LogP contribution in [0.1, 0.15) is 37.9 Å². The quantitative estimate of drug-likeness (QED) is 0.911. The largest absolute Gasteiger partial charge is 0.451 e. The standard InChI is InChI=1S/C16H24F3N5/c17-16(18,19)15-21-13(23-7-1-2-8-23)11-14(22-15)24-9-4-12(3-6-20)5-10-24/h11-12H,1-10,20H2. The molecule has 0 aromatic carbocycles. The highest BCUT2D eigenvalue weighted by molar-refractivity contribution is 5.52. The summed E-state index contributed by atoms with van der Waals surface area (Å²) in [4.78, 5) is 11.4. The minimum Gasteiger partial charge on any atom is -0.356 e. The Kier molecular flexibility index (Phi) is 5.12. The van der Waals surface area contributed by atoms with Gasteiger partial charge in [0, 0.05) is 32.2 Å². The van der Waals surface area contributed by atoms with Crippen LogP contribution in [0.3, 0.4) is 0 Å². The third kappa shape index (κ3) is 3.91. The second-order valence-electron chi connectivity index (χ2n) is 6.61. The van der Waals surface area contributed by atoms with Gasteiger partial charge in [-0.05, 0) is 44.6 Å². The van der Waals surface area contributed by atoms with E-state index in [9.17, 15) is 13.2 Å². The molecule has 3 rings (SSSR count). The van der Waals surface area contributed by atoms with Gasteiger partial charge >= 0.3 is 6.18 Å². The smallest absolute Gasteiger partial charge is 0.356 e. The number of nitrogens with zero attached hydrogens (tertiary/aromatic N) is 4. The number of hydrogen-bond donors (Lipinski definition) is 1. The number of nitrogens with two attached hydrogens (primary N) is 1. The van der Waals surface area contributed by atoms with E-state index in [0.29, 0.717) is 24.1 Å². The maximum atomic E-state index is 13.2. The molecule has 8 heteroatoms. The molecule has 3 heterocycles. The summed E-state index contributed by atoms with van der Waals surface area (Å²) < 4.78 is 39.6. The van der Waals surface area contributed by atoms with Crippen molar-refractivity contribution in [2.24, 2.45) is 11.7 Å². The Bertz CT molecular complexity index is 549. The number of anilines is 2. The molecule has 0 bridgehead atoms. The van der Waals surface area contributed by atoms with E-state index in [1.807, 2.05) is 9.80 Å².